The van der Waals surface area contributed by atoms with Crippen LogP contribution in [0, 0.1) is 11.3 Å². The molecule has 0 aliphatic rings. The van der Waals surface area contributed by atoms with Crippen molar-refractivity contribution in [3.05, 3.63) is 99.5 Å². The number of hydrogen-bond donors (Lipinski definition) is 1. The normalized spacial score (nSPS) is 10.4. The van der Waals surface area contributed by atoms with Gasteiger partial charge in [0.05, 0.1) is 23.4 Å². The lowest BCUT2D eigenvalue weighted by Gasteiger charge is -2.07. The molecule has 0 unspecified atom stereocenters. The highest BCUT2D eigenvalue weighted by molar-refractivity contribution is 9.10. The molecule has 0 radical (unpaired) electrons. The highest BCUT2D eigenvalue weighted by Crippen LogP contribution is 2.16. The minimum Gasteiger partial charge on any atom is -0.489 e. The average Bonchev–Trinajstić information content (AvgIpc) is 2.73. The Labute approximate surface area is 171 Å². The van der Waals surface area contributed by atoms with Crippen molar-refractivity contribution in [3.63, 3.8) is 0 Å². The Morgan fingerprint density at radius 2 is 1.93 bits per heavy atom. The number of nitriles is 1. The van der Waals surface area contributed by atoms with Gasteiger partial charge in [-0.05, 0) is 63.5 Å². The van der Waals surface area contributed by atoms with E-state index in [0.717, 1.165) is 11.1 Å². The molecule has 138 valence electrons. The minimum atomic E-state index is -0.298. The summed E-state index contributed by atoms with van der Waals surface area (Å²) in [7, 11) is 0. The molecule has 0 aliphatic carbocycles. The number of carbonyl (C=O) groups excluding carboxylic acids is 1. The number of ether oxygens (including phenoxy) is 1. The third-order valence-corrected chi connectivity index (χ3v) is 4.51. The standard InChI is InChI=1S/C22H16BrN3O2/c23-21-10-2-1-9-20(21)22(27)26-25-14-17-6-4-8-19(12-17)28-15-18-7-3-5-16(11-18)13-24/h1-12,14H,15H2,(H,26,27)/b25-14+. The maximum Gasteiger partial charge on any atom is 0.272 e. The zero-order valence-electron chi connectivity index (χ0n) is 14.8. The summed E-state index contributed by atoms with van der Waals surface area (Å²) in [6, 6.07) is 23.9. The third kappa shape index (κ3) is 5.29. The van der Waals surface area contributed by atoms with Gasteiger partial charge in [0.25, 0.3) is 5.91 Å². The molecule has 0 aliphatic heterocycles. The van der Waals surface area contributed by atoms with Gasteiger partial charge < -0.3 is 4.74 Å². The van der Waals surface area contributed by atoms with E-state index in [4.69, 9.17) is 10.00 Å². The van der Waals surface area contributed by atoms with Crippen molar-refractivity contribution in [2.24, 2.45) is 5.10 Å². The first-order chi connectivity index (χ1) is 13.7. The van der Waals surface area contributed by atoms with Gasteiger partial charge in [0.1, 0.15) is 12.4 Å². The fourth-order valence-electron chi connectivity index (χ4n) is 2.45. The number of hydrogen-bond acceptors (Lipinski definition) is 4. The van der Waals surface area contributed by atoms with Crippen molar-refractivity contribution in [3.8, 4) is 11.8 Å². The smallest absolute Gasteiger partial charge is 0.272 e. The Bertz CT molecular complexity index is 1060. The van der Waals surface area contributed by atoms with Gasteiger partial charge in [-0.15, -0.1) is 0 Å². The monoisotopic (exact) mass is 433 g/mol. The molecular formula is C22H16BrN3O2. The van der Waals surface area contributed by atoms with Gasteiger partial charge in [-0.25, -0.2) is 5.43 Å². The van der Waals surface area contributed by atoms with E-state index in [9.17, 15) is 4.79 Å². The molecular weight excluding hydrogens is 418 g/mol. The predicted molar refractivity (Wildman–Crippen MR) is 111 cm³/mol. The van der Waals surface area contributed by atoms with Crippen LogP contribution >= 0.6 is 15.9 Å². The molecule has 0 spiro atoms. The van der Waals surface area contributed by atoms with Crippen LogP contribution in [-0.2, 0) is 6.61 Å². The fourth-order valence-corrected chi connectivity index (χ4v) is 2.92. The number of nitrogens with zero attached hydrogens (tertiary/aromatic N) is 2. The van der Waals surface area contributed by atoms with Crippen molar-refractivity contribution >= 4 is 28.1 Å². The van der Waals surface area contributed by atoms with Crippen LogP contribution in [0.5, 0.6) is 5.75 Å². The lowest BCUT2D eigenvalue weighted by Crippen LogP contribution is -2.18. The van der Waals surface area contributed by atoms with E-state index in [1.807, 2.05) is 42.5 Å². The Hall–Kier alpha value is -3.43. The van der Waals surface area contributed by atoms with Gasteiger partial charge in [0.15, 0.2) is 0 Å². The van der Waals surface area contributed by atoms with Crippen molar-refractivity contribution in [2.45, 2.75) is 6.61 Å². The minimum absolute atomic E-state index is 0.298. The fraction of sp³-hybridized carbons (Fsp3) is 0.0455. The molecule has 1 amide bonds. The molecule has 0 atom stereocenters. The predicted octanol–water partition coefficient (Wildman–Crippen LogP) is 4.66. The van der Waals surface area contributed by atoms with Crippen molar-refractivity contribution in [2.75, 3.05) is 0 Å². The van der Waals surface area contributed by atoms with Crippen LogP contribution in [-0.4, -0.2) is 12.1 Å². The molecule has 0 saturated heterocycles. The maximum absolute atomic E-state index is 12.1. The third-order valence-electron chi connectivity index (χ3n) is 3.82. The van der Waals surface area contributed by atoms with Crippen molar-refractivity contribution in [1.29, 1.82) is 5.26 Å². The topological polar surface area (TPSA) is 74.5 Å². The molecule has 0 fully saturated rings. The average molecular weight is 434 g/mol. The number of hydrazone groups is 1. The summed E-state index contributed by atoms with van der Waals surface area (Å²) in [5.41, 5.74) is 5.32. The zero-order chi connectivity index (χ0) is 19.8. The summed E-state index contributed by atoms with van der Waals surface area (Å²) in [5, 5.41) is 13.0. The molecule has 0 saturated carbocycles. The zero-order valence-corrected chi connectivity index (χ0v) is 16.4. The lowest BCUT2D eigenvalue weighted by molar-refractivity contribution is 0.0954. The first kappa shape index (κ1) is 19.3. The second-order valence-corrected chi connectivity index (χ2v) is 6.71. The van der Waals surface area contributed by atoms with Crippen LogP contribution < -0.4 is 10.2 Å². The van der Waals surface area contributed by atoms with Crippen LogP contribution in [0.4, 0.5) is 0 Å². The largest absolute Gasteiger partial charge is 0.489 e. The molecule has 28 heavy (non-hydrogen) atoms. The molecule has 0 aromatic heterocycles. The van der Waals surface area contributed by atoms with Crippen LogP contribution in [0.3, 0.4) is 0 Å². The van der Waals surface area contributed by atoms with Gasteiger partial charge >= 0.3 is 0 Å². The van der Waals surface area contributed by atoms with Crippen LogP contribution in [0.15, 0.2) is 82.4 Å². The Kier molecular flexibility index (Phi) is 6.55. The summed E-state index contributed by atoms with van der Waals surface area (Å²) < 4.78 is 6.49. The van der Waals surface area contributed by atoms with E-state index < -0.39 is 0 Å². The van der Waals surface area contributed by atoms with Crippen molar-refractivity contribution < 1.29 is 9.53 Å². The Morgan fingerprint density at radius 3 is 2.75 bits per heavy atom. The molecule has 3 aromatic rings. The van der Waals surface area contributed by atoms with E-state index in [2.05, 4.69) is 32.5 Å². The van der Waals surface area contributed by atoms with E-state index in [1.165, 1.54) is 0 Å². The van der Waals surface area contributed by atoms with Crippen LogP contribution in [0.1, 0.15) is 27.0 Å². The van der Waals surface area contributed by atoms with Crippen molar-refractivity contribution in [1.82, 2.24) is 5.43 Å². The van der Waals surface area contributed by atoms with Gasteiger partial charge in [-0.1, -0.05) is 36.4 Å². The number of carbonyl (C=O) groups is 1. The molecule has 6 heteroatoms. The Balaban J connectivity index is 1.60. The van der Waals surface area contributed by atoms with E-state index in [1.54, 1.807) is 36.5 Å². The van der Waals surface area contributed by atoms with Crippen LogP contribution in [0.25, 0.3) is 0 Å². The maximum atomic E-state index is 12.1. The van der Waals surface area contributed by atoms with Gasteiger partial charge in [0, 0.05) is 4.47 Å². The highest BCUT2D eigenvalue weighted by atomic mass is 79.9. The van der Waals surface area contributed by atoms with E-state index in [-0.39, 0.29) is 5.91 Å². The summed E-state index contributed by atoms with van der Waals surface area (Å²) in [6.07, 6.45) is 1.55. The molecule has 0 heterocycles. The van der Waals surface area contributed by atoms with Crippen LogP contribution in [0.2, 0.25) is 0 Å². The summed E-state index contributed by atoms with van der Waals surface area (Å²) in [4.78, 5) is 12.1. The van der Waals surface area contributed by atoms with Gasteiger partial charge in [-0.2, -0.15) is 10.4 Å². The second-order valence-electron chi connectivity index (χ2n) is 5.85. The van der Waals surface area contributed by atoms with Gasteiger partial charge in [-0.3, -0.25) is 4.79 Å². The number of halogens is 1. The molecule has 0 bridgehead atoms. The lowest BCUT2D eigenvalue weighted by atomic mass is 10.1. The molecule has 3 rings (SSSR count). The number of benzene rings is 3. The molecule has 3 aromatic carbocycles. The number of amides is 1. The SMILES string of the molecule is N#Cc1cccc(COc2cccc(/C=N/NC(=O)c3ccccc3Br)c2)c1. The van der Waals surface area contributed by atoms with Gasteiger partial charge in [0.2, 0.25) is 0 Å². The van der Waals surface area contributed by atoms with E-state index >= 15 is 0 Å². The molecule has 1 N–H and O–H groups in total. The van der Waals surface area contributed by atoms with E-state index in [0.29, 0.717) is 28.0 Å². The highest BCUT2D eigenvalue weighted by Gasteiger charge is 2.07. The quantitative estimate of drug-likeness (QED) is 0.453. The second kappa shape index (κ2) is 9.49. The first-order valence-corrected chi connectivity index (χ1v) is 9.25. The number of rotatable bonds is 6. The Morgan fingerprint density at radius 1 is 1.11 bits per heavy atom. The summed E-state index contributed by atoms with van der Waals surface area (Å²) in [6.45, 7) is 0.356. The number of nitrogens with one attached hydrogen (secondary N) is 1. The summed E-state index contributed by atoms with van der Waals surface area (Å²) in [5.74, 6) is 0.372. The molecule has 5 nitrogen and oxygen atoms in total. The first-order valence-electron chi connectivity index (χ1n) is 8.45. The summed E-state index contributed by atoms with van der Waals surface area (Å²) >= 11 is 3.34.